The predicted octanol–water partition coefficient (Wildman–Crippen LogP) is 3.50. The molecule has 0 fully saturated rings. The standard InChI is InChI=1S/C17H10BrF3N4O/c18-11-6-24-15(14-12(20)4-8(19)5-13(14)21)10-3-7(1-2-9(10)11)16(26)25-17(22)23/h1-6H,(H4,22,23,25,26). The number of pyridine rings is 1. The van der Waals surface area contributed by atoms with Gasteiger partial charge in [-0.15, -0.1) is 0 Å². The van der Waals surface area contributed by atoms with Crippen LogP contribution in [0.25, 0.3) is 22.0 Å². The van der Waals surface area contributed by atoms with Crippen LogP contribution in [0.15, 0.2) is 46.0 Å². The van der Waals surface area contributed by atoms with Crippen molar-refractivity contribution in [2.75, 3.05) is 0 Å². The number of fused-ring (bicyclic) bond motifs is 1. The SMILES string of the molecule is NC(N)=NC(=O)c1ccc2c(Br)cnc(-c3c(F)cc(F)cc3F)c2c1. The minimum atomic E-state index is -1.11. The van der Waals surface area contributed by atoms with Crippen molar-refractivity contribution in [3.63, 3.8) is 0 Å². The van der Waals surface area contributed by atoms with Gasteiger partial charge in [0.25, 0.3) is 5.91 Å². The Labute approximate surface area is 153 Å². The van der Waals surface area contributed by atoms with E-state index in [9.17, 15) is 18.0 Å². The lowest BCUT2D eigenvalue weighted by Gasteiger charge is -2.10. The molecule has 1 heterocycles. The third kappa shape index (κ3) is 3.25. The summed E-state index contributed by atoms with van der Waals surface area (Å²) in [6.07, 6.45) is 1.36. The second-order valence-corrected chi connectivity index (χ2v) is 6.16. The second kappa shape index (κ2) is 6.75. The molecular weight excluding hydrogens is 413 g/mol. The number of rotatable bonds is 2. The molecule has 0 saturated heterocycles. The van der Waals surface area contributed by atoms with Gasteiger partial charge in [0.1, 0.15) is 17.5 Å². The van der Waals surface area contributed by atoms with Crippen LogP contribution in [0.1, 0.15) is 10.4 Å². The number of nitrogens with zero attached hydrogens (tertiary/aromatic N) is 2. The molecule has 0 radical (unpaired) electrons. The van der Waals surface area contributed by atoms with E-state index >= 15 is 0 Å². The molecule has 9 heteroatoms. The maximum Gasteiger partial charge on any atom is 0.280 e. The smallest absolute Gasteiger partial charge is 0.280 e. The molecule has 0 spiro atoms. The van der Waals surface area contributed by atoms with E-state index in [0.29, 0.717) is 22.0 Å². The summed E-state index contributed by atoms with van der Waals surface area (Å²) in [4.78, 5) is 19.5. The van der Waals surface area contributed by atoms with Gasteiger partial charge in [-0.1, -0.05) is 6.07 Å². The van der Waals surface area contributed by atoms with Gasteiger partial charge >= 0.3 is 0 Å². The molecule has 1 aromatic heterocycles. The van der Waals surface area contributed by atoms with Gasteiger partial charge in [-0.05, 0) is 33.4 Å². The number of guanidine groups is 1. The van der Waals surface area contributed by atoms with Crippen molar-refractivity contribution >= 4 is 38.6 Å². The molecule has 132 valence electrons. The molecule has 0 bridgehead atoms. The van der Waals surface area contributed by atoms with Crippen LogP contribution < -0.4 is 11.5 Å². The summed E-state index contributed by atoms with van der Waals surface area (Å²) in [6.45, 7) is 0. The Hall–Kier alpha value is -2.94. The van der Waals surface area contributed by atoms with Crippen LogP contribution in [0, 0.1) is 17.5 Å². The summed E-state index contributed by atoms with van der Waals surface area (Å²) in [6, 6.07) is 5.49. The maximum atomic E-state index is 14.2. The molecule has 4 N–H and O–H groups in total. The third-order valence-electron chi connectivity index (χ3n) is 3.56. The van der Waals surface area contributed by atoms with E-state index in [0.717, 1.165) is 0 Å². The highest BCUT2D eigenvalue weighted by Crippen LogP contribution is 2.35. The molecule has 5 nitrogen and oxygen atoms in total. The van der Waals surface area contributed by atoms with E-state index < -0.39 is 34.9 Å². The van der Waals surface area contributed by atoms with Crippen LogP contribution >= 0.6 is 15.9 Å². The highest BCUT2D eigenvalue weighted by atomic mass is 79.9. The molecule has 0 aliphatic carbocycles. The van der Waals surface area contributed by atoms with Crippen LogP contribution in [-0.2, 0) is 0 Å². The van der Waals surface area contributed by atoms with Crippen LogP contribution in [0.4, 0.5) is 13.2 Å². The van der Waals surface area contributed by atoms with E-state index in [4.69, 9.17) is 11.5 Å². The van der Waals surface area contributed by atoms with Crippen molar-refractivity contribution in [1.29, 1.82) is 0 Å². The largest absolute Gasteiger partial charge is 0.370 e. The molecule has 0 saturated carbocycles. The molecule has 2 aromatic carbocycles. The Bertz CT molecular complexity index is 1060. The number of amides is 1. The molecule has 3 aromatic rings. The first-order valence-electron chi connectivity index (χ1n) is 7.15. The zero-order valence-corrected chi connectivity index (χ0v) is 14.5. The van der Waals surface area contributed by atoms with Crippen molar-refractivity contribution in [1.82, 2.24) is 4.98 Å². The van der Waals surface area contributed by atoms with Crippen molar-refractivity contribution < 1.29 is 18.0 Å². The maximum absolute atomic E-state index is 14.2. The number of nitrogens with two attached hydrogens (primary N) is 2. The van der Waals surface area contributed by atoms with Crippen LogP contribution in [0.3, 0.4) is 0 Å². The molecule has 26 heavy (non-hydrogen) atoms. The van der Waals surface area contributed by atoms with E-state index in [1.54, 1.807) is 6.07 Å². The Morgan fingerprint density at radius 1 is 1.04 bits per heavy atom. The first-order valence-corrected chi connectivity index (χ1v) is 7.94. The summed E-state index contributed by atoms with van der Waals surface area (Å²) in [5.74, 6) is -4.41. The monoisotopic (exact) mass is 422 g/mol. The number of carbonyl (C=O) groups excluding carboxylic acids is 1. The van der Waals surface area contributed by atoms with E-state index in [1.165, 1.54) is 18.3 Å². The third-order valence-corrected chi connectivity index (χ3v) is 4.19. The number of benzene rings is 2. The van der Waals surface area contributed by atoms with Crippen molar-refractivity contribution in [2.45, 2.75) is 0 Å². The van der Waals surface area contributed by atoms with E-state index in [2.05, 4.69) is 25.9 Å². The quantitative estimate of drug-likeness (QED) is 0.488. The molecule has 1 amide bonds. The van der Waals surface area contributed by atoms with E-state index in [1.807, 2.05) is 0 Å². The van der Waals surface area contributed by atoms with Gasteiger partial charge in [-0.25, -0.2) is 13.2 Å². The topological polar surface area (TPSA) is 94.4 Å². The van der Waals surface area contributed by atoms with Gasteiger partial charge in [0.05, 0.1) is 11.3 Å². The lowest BCUT2D eigenvalue weighted by molar-refractivity contribution is 0.100. The highest BCUT2D eigenvalue weighted by Gasteiger charge is 2.19. The van der Waals surface area contributed by atoms with Crippen molar-refractivity contribution in [3.05, 3.63) is 64.0 Å². The Balaban J connectivity index is 2.32. The Morgan fingerprint density at radius 3 is 2.31 bits per heavy atom. The first kappa shape index (κ1) is 17.9. The fourth-order valence-electron chi connectivity index (χ4n) is 2.49. The second-order valence-electron chi connectivity index (χ2n) is 5.30. The van der Waals surface area contributed by atoms with Crippen LogP contribution in [0.5, 0.6) is 0 Å². The normalized spacial score (nSPS) is 10.8. The number of hydrogen-bond donors (Lipinski definition) is 2. The fourth-order valence-corrected chi connectivity index (χ4v) is 2.94. The number of halogens is 4. The van der Waals surface area contributed by atoms with Crippen molar-refractivity contribution in [3.8, 4) is 11.3 Å². The van der Waals surface area contributed by atoms with Gasteiger partial charge in [0.2, 0.25) is 0 Å². The Kier molecular flexibility index (Phi) is 4.64. The minimum absolute atomic E-state index is 0.0856. The zero-order valence-electron chi connectivity index (χ0n) is 12.9. The highest BCUT2D eigenvalue weighted by molar-refractivity contribution is 9.10. The number of carbonyl (C=O) groups is 1. The van der Waals surface area contributed by atoms with Gasteiger partial charge in [0.15, 0.2) is 5.96 Å². The number of aliphatic imine (C=N–C) groups is 1. The van der Waals surface area contributed by atoms with E-state index in [-0.39, 0.29) is 16.6 Å². The van der Waals surface area contributed by atoms with Gasteiger partial charge in [-0.2, -0.15) is 4.99 Å². The average molecular weight is 423 g/mol. The lowest BCUT2D eigenvalue weighted by Crippen LogP contribution is -2.24. The molecule has 0 aliphatic rings. The molecule has 3 rings (SSSR count). The molecule has 0 aliphatic heterocycles. The summed E-state index contributed by atoms with van der Waals surface area (Å²) in [7, 11) is 0. The fraction of sp³-hybridized carbons (Fsp3) is 0. The van der Waals surface area contributed by atoms with Gasteiger partial charge < -0.3 is 11.5 Å². The minimum Gasteiger partial charge on any atom is -0.370 e. The number of aromatic nitrogens is 1. The van der Waals surface area contributed by atoms with Gasteiger partial charge in [0, 0.05) is 33.8 Å². The van der Waals surface area contributed by atoms with Gasteiger partial charge in [-0.3, -0.25) is 9.78 Å². The first-order chi connectivity index (χ1) is 12.3. The molecular formula is C17H10BrF3N4O. The van der Waals surface area contributed by atoms with Crippen LogP contribution in [0.2, 0.25) is 0 Å². The van der Waals surface area contributed by atoms with Crippen molar-refractivity contribution in [2.24, 2.45) is 16.5 Å². The number of hydrogen-bond acceptors (Lipinski definition) is 2. The molecule has 0 atom stereocenters. The summed E-state index contributed by atoms with van der Waals surface area (Å²) in [5, 5.41) is 0.805. The summed E-state index contributed by atoms with van der Waals surface area (Å²) >= 11 is 3.29. The summed E-state index contributed by atoms with van der Waals surface area (Å²) in [5.41, 5.74) is 9.89. The predicted molar refractivity (Wildman–Crippen MR) is 94.9 cm³/mol. The molecule has 0 unspecified atom stereocenters. The zero-order chi connectivity index (χ0) is 19.0. The average Bonchev–Trinajstić information content (AvgIpc) is 2.55. The summed E-state index contributed by atoms with van der Waals surface area (Å²) < 4.78 is 42.2. The lowest BCUT2D eigenvalue weighted by atomic mass is 10.0. The Morgan fingerprint density at radius 2 is 1.69 bits per heavy atom. The van der Waals surface area contributed by atoms with Crippen LogP contribution in [-0.4, -0.2) is 16.9 Å².